The van der Waals surface area contributed by atoms with Crippen LogP contribution in [0.1, 0.15) is 5.56 Å². The highest BCUT2D eigenvalue weighted by Gasteiger charge is 2.15. The van der Waals surface area contributed by atoms with Crippen LogP contribution in [0.2, 0.25) is 0 Å². The van der Waals surface area contributed by atoms with Gasteiger partial charge in [-0.15, -0.1) is 0 Å². The predicted octanol–water partition coefficient (Wildman–Crippen LogP) is 10.7. The molecule has 0 bridgehead atoms. The molecule has 0 spiro atoms. The summed E-state index contributed by atoms with van der Waals surface area (Å²) in [6, 6.07) is 53.8. The van der Waals surface area contributed by atoms with Crippen molar-refractivity contribution in [1.29, 1.82) is 0 Å². The summed E-state index contributed by atoms with van der Waals surface area (Å²) >= 11 is 0. The number of nitrogens with zero attached hydrogens (tertiary/aromatic N) is 2. The van der Waals surface area contributed by atoms with Crippen LogP contribution >= 0.6 is 0 Å². The van der Waals surface area contributed by atoms with Crippen LogP contribution in [-0.2, 0) is 4.74 Å². The van der Waals surface area contributed by atoms with Crippen molar-refractivity contribution in [3.05, 3.63) is 163 Å². The van der Waals surface area contributed by atoms with E-state index in [0.29, 0.717) is 5.75 Å². The number of hydrogen-bond donors (Lipinski definition) is 0. The molecule has 0 atom stereocenters. The van der Waals surface area contributed by atoms with Gasteiger partial charge in [-0.2, -0.15) is 0 Å². The number of ether oxygens (including phenoxy) is 2. The molecule has 6 aromatic carbocycles. The Hall–Kier alpha value is -5.81. The van der Waals surface area contributed by atoms with E-state index in [1.165, 1.54) is 12.7 Å². The second-order valence-corrected chi connectivity index (χ2v) is 10.3. The smallest absolute Gasteiger partial charge is 0.437 e. The molecule has 6 aromatic rings. The molecule has 0 unspecified atom stereocenters. The van der Waals surface area contributed by atoms with Gasteiger partial charge >= 0.3 is 6.16 Å². The Kier molecular flexibility index (Phi) is 8.37. The second-order valence-electron chi connectivity index (χ2n) is 10.3. The third-order valence-corrected chi connectivity index (χ3v) is 7.37. The van der Waals surface area contributed by atoms with Gasteiger partial charge in [0.05, 0.1) is 7.11 Å². The fraction of sp³-hybridized carbons (Fsp3) is 0.0513. The highest BCUT2D eigenvalue weighted by Crippen LogP contribution is 2.38. The molecule has 0 saturated heterocycles. The van der Waals surface area contributed by atoms with E-state index < -0.39 is 6.16 Å². The number of benzene rings is 6. The molecule has 5 nitrogen and oxygen atoms in total. The zero-order valence-electron chi connectivity index (χ0n) is 24.6. The molecule has 0 aliphatic rings. The zero-order chi connectivity index (χ0) is 30.3. The minimum atomic E-state index is -0.746. The number of hydrogen-bond acceptors (Lipinski definition) is 5. The molecular weight excluding hydrogens is 544 g/mol. The summed E-state index contributed by atoms with van der Waals surface area (Å²) in [5, 5.41) is 0. The number of methoxy groups -OCH3 is 1. The van der Waals surface area contributed by atoms with Crippen molar-refractivity contribution in [2.75, 3.05) is 16.9 Å². The van der Waals surface area contributed by atoms with Crippen LogP contribution in [-0.4, -0.2) is 13.3 Å². The Morgan fingerprint density at radius 2 is 0.795 bits per heavy atom. The molecular formula is C39H32N2O3. The van der Waals surface area contributed by atoms with E-state index in [1.54, 1.807) is 12.1 Å². The Bertz CT molecular complexity index is 1800. The molecule has 0 aromatic heterocycles. The lowest BCUT2D eigenvalue weighted by Gasteiger charge is -2.26. The van der Waals surface area contributed by atoms with Gasteiger partial charge in [-0.25, -0.2) is 4.79 Å². The lowest BCUT2D eigenvalue weighted by molar-refractivity contribution is 0.121. The molecule has 0 amide bonds. The normalized spacial score (nSPS) is 10.6. The van der Waals surface area contributed by atoms with Gasteiger partial charge in [0.2, 0.25) is 0 Å². The highest BCUT2D eigenvalue weighted by atomic mass is 16.7. The molecule has 0 N–H and O–H groups in total. The second kappa shape index (κ2) is 13.0. The number of aryl methyl sites for hydroxylation is 1. The van der Waals surface area contributed by atoms with Crippen LogP contribution < -0.4 is 14.5 Å². The summed E-state index contributed by atoms with van der Waals surface area (Å²) in [7, 11) is 1.29. The Labute approximate surface area is 258 Å². The predicted molar refractivity (Wildman–Crippen MR) is 179 cm³/mol. The molecule has 44 heavy (non-hydrogen) atoms. The minimum Gasteiger partial charge on any atom is -0.437 e. The van der Waals surface area contributed by atoms with Gasteiger partial charge in [0.1, 0.15) is 5.75 Å². The zero-order valence-corrected chi connectivity index (χ0v) is 24.6. The topological polar surface area (TPSA) is 42.0 Å². The van der Waals surface area contributed by atoms with Gasteiger partial charge in [0, 0.05) is 34.1 Å². The Balaban J connectivity index is 1.28. The lowest BCUT2D eigenvalue weighted by Crippen LogP contribution is -2.10. The first-order valence-corrected chi connectivity index (χ1v) is 14.4. The van der Waals surface area contributed by atoms with Gasteiger partial charge in [-0.3, -0.25) is 0 Å². The van der Waals surface area contributed by atoms with Crippen molar-refractivity contribution in [2.24, 2.45) is 0 Å². The number of anilines is 6. The van der Waals surface area contributed by atoms with Gasteiger partial charge in [-0.1, -0.05) is 78.4 Å². The first kappa shape index (κ1) is 28.3. The summed E-state index contributed by atoms with van der Waals surface area (Å²) in [4.78, 5) is 16.0. The van der Waals surface area contributed by atoms with Crippen LogP contribution in [0.15, 0.2) is 158 Å². The molecule has 5 heteroatoms. The van der Waals surface area contributed by atoms with Crippen LogP contribution in [0.5, 0.6) is 5.75 Å². The van der Waals surface area contributed by atoms with Crippen molar-refractivity contribution in [2.45, 2.75) is 6.92 Å². The molecule has 0 heterocycles. The first-order valence-electron chi connectivity index (χ1n) is 14.4. The van der Waals surface area contributed by atoms with Crippen molar-refractivity contribution in [3.8, 4) is 16.9 Å². The van der Waals surface area contributed by atoms with Crippen molar-refractivity contribution in [1.82, 2.24) is 0 Å². The molecule has 6 rings (SSSR count). The fourth-order valence-electron chi connectivity index (χ4n) is 5.15. The van der Waals surface area contributed by atoms with E-state index >= 15 is 0 Å². The summed E-state index contributed by atoms with van der Waals surface area (Å²) in [6.07, 6.45) is -0.746. The van der Waals surface area contributed by atoms with Crippen LogP contribution in [0, 0.1) is 6.92 Å². The van der Waals surface area contributed by atoms with Gasteiger partial charge < -0.3 is 19.3 Å². The van der Waals surface area contributed by atoms with Gasteiger partial charge in [0.15, 0.2) is 0 Å². The highest BCUT2D eigenvalue weighted by molar-refractivity contribution is 5.81. The fourth-order valence-corrected chi connectivity index (χ4v) is 5.15. The monoisotopic (exact) mass is 576 g/mol. The first-order chi connectivity index (χ1) is 21.6. The standard InChI is InChI=1S/C39H32N2O3/c1-29-13-19-34(20-14-29)40(32-9-5-3-6-10-32)35-21-15-30(16-22-35)31-17-23-36(24-18-31)41(33-11-7-4-8-12-33)37-25-27-38(28-26-37)44-39(42)43-2/h3-28H,1-2H3. The van der Waals surface area contributed by atoms with E-state index in [9.17, 15) is 4.79 Å². The van der Waals surface area contributed by atoms with E-state index in [4.69, 9.17) is 4.74 Å². The van der Waals surface area contributed by atoms with E-state index in [2.05, 4.69) is 131 Å². The Morgan fingerprint density at radius 1 is 0.455 bits per heavy atom. The maximum absolute atomic E-state index is 11.5. The van der Waals surface area contributed by atoms with E-state index in [0.717, 1.165) is 45.3 Å². The van der Waals surface area contributed by atoms with E-state index in [1.807, 2.05) is 36.4 Å². The van der Waals surface area contributed by atoms with Crippen molar-refractivity contribution < 1.29 is 14.3 Å². The third kappa shape index (κ3) is 6.32. The van der Waals surface area contributed by atoms with E-state index in [-0.39, 0.29) is 0 Å². The summed E-state index contributed by atoms with van der Waals surface area (Å²) in [5.74, 6) is 0.417. The molecule has 0 radical (unpaired) electrons. The number of carbonyl (C=O) groups excluding carboxylic acids is 1. The molecule has 0 aliphatic heterocycles. The van der Waals surface area contributed by atoms with Gasteiger partial charge in [0.25, 0.3) is 0 Å². The summed E-state index contributed by atoms with van der Waals surface area (Å²) in [5.41, 5.74) is 9.76. The lowest BCUT2D eigenvalue weighted by atomic mass is 10.0. The van der Waals surface area contributed by atoms with Crippen molar-refractivity contribution >= 4 is 40.3 Å². The number of carbonyl (C=O) groups is 1. The van der Waals surface area contributed by atoms with Crippen LogP contribution in [0.25, 0.3) is 11.1 Å². The maximum atomic E-state index is 11.5. The molecule has 0 saturated carbocycles. The Morgan fingerprint density at radius 3 is 1.18 bits per heavy atom. The van der Waals surface area contributed by atoms with Gasteiger partial charge in [-0.05, 0) is 103 Å². The molecule has 216 valence electrons. The number of para-hydroxylation sites is 2. The molecule has 0 aliphatic carbocycles. The average molecular weight is 577 g/mol. The average Bonchev–Trinajstić information content (AvgIpc) is 3.08. The largest absolute Gasteiger partial charge is 0.513 e. The summed E-state index contributed by atoms with van der Waals surface area (Å²) in [6.45, 7) is 2.11. The third-order valence-electron chi connectivity index (χ3n) is 7.37. The van der Waals surface area contributed by atoms with Crippen molar-refractivity contribution in [3.63, 3.8) is 0 Å². The van der Waals surface area contributed by atoms with Crippen LogP contribution in [0.4, 0.5) is 38.9 Å². The quantitative estimate of drug-likeness (QED) is 0.133. The SMILES string of the molecule is COC(=O)Oc1ccc(N(c2ccccc2)c2ccc(-c3ccc(N(c4ccccc4)c4ccc(C)cc4)cc3)cc2)cc1. The summed E-state index contributed by atoms with van der Waals surface area (Å²) < 4.78 is 9.78. The molecule has 0 fully saturated rings. The maximum Gasteiger partial charge on any atom is 0.513 e. The minimum absolute atomic E-state index is 0.417. The number of rotatable bonds is 8. The van der Waals surface area contributed by atoms with Crippen LogP contribution in [0.3, 0.4) is 0 Å².